The zero-order chi connectivity index (χ0) is 9.72. The fraction of sp³-hybridized carbons (Fsp3) is 0.833. The highest BCUT2D eigenvalue weighted by Gasteiger charge is 2.21. The number of carbonyl (C=O) groups is 1. The van der Waals surface area contributed by atoms with E-state index in [-0.39, 0.29) is 13.0 Å². The molecule has 0 aliphatic heterocycles. The van der Waals surface area contributed by atoms with Crippen molar-refractivity contribution in [3.63, 3.8) is 0 Å². The van der Waals surface area contributed by atoms with Gasteiger partial charge < -0.3 is 26.8 Å². The fourth-order valence-corrected chi connectivity index (χ4v) is 0.675. The number of carboxylic acid groups (broad SMARTS) is 1. The summed E-state index contributed by atoms with van der Waals surface area (Å²) in [7, 11) is 0. The summed E-state index contributed by atoms with van der Waals surface area (Å²) in [5, 5.41) is 26.3. The van der Waals surface area contributed by atoms with E-state index in [1.54, 1.807) is 0 Å². The zero-order valence-electron chi connectivity index (χ0n) is 6.55. The number of aliphatic hydroxyl groups excluding tert-OH is 2. The summed E-state index contributed by atoms with van der Waals surface area (Å²) < 4.78 is 0. The predicted molar refractivity (Wildman–Crippen MR) is 41.3 cm³/mol. The van der Waals surface area contributed by atoms with E-state index >= 15 is 0 Å². The van der Waals surface area contributed by atoms with Gasteiger partial charge in [0.05, 0.1) is 12.2 Å². The topological polar surface area (TPSA) is 130 Å². The number of rotatable bonds is 5. The third kappa shape index (κ3) is 3.63. The van der Waals surface area contributed by atoms with Crippen molar-refractivity contribution >= 4 is 5.97 Å². The molecule has 0 aliphatic rings. The molecule has 0 rings (SSSR count). The maximum atomic E-state index is 10.2. The normalized spacial score (nSPS) is 18.3. The molecule has 72 valence electrons. The Hall–Kier alpha value is -0.690. The van der Waals surface area contributed by atoms with E-state index in [4.69, 9.17) is 26.8 Å². The van der Waals surface area contributed by atoms with Crippen LogP contribution in [0.2, 0.25) is 0 Å². The summed E-state index contributed by atoms with van der Waals surface area (Å²) >= 11 is 0. The Kier molecular flexibility index (Phi) is 4.75. The number of aliphatic hydroxyl groups is 2. The lowest BCUT2D eigenvalue weighted by Gasteiger charge is -2.17. The van der Waals surface area contributed by atoms with Crippen LogP contribution in [0, 0.1) is 0 Å². The van der Waals surface area contributed by atoms with Crippen LogP contribution in [0.25, 0.3) is 0 Å². The van der Waals surface area contributed by atoms with Crippen LogP contribution in [0.3, 0.4) is 0 Å². The van der Waals surface area contributed by atoms with Crippen LogP contribution in [0.15, 0.2) is 0 Å². The molecule has 3 atom stereocenters. The van der Waals surface area contributed by atoms with Crippen molar-refractivity contribution in [1.82, 2.24) is 0 Å². The van der Waals surface area contributed by atoms with Gasteiger partial charge >= 0.3 is 5.97 Å². The van der Waals surface area contributed by atoms with Crippen LogP contribution in [0.4, 0.5) is 0 Å². The van der Waals surface area contributed by atoms with Crippen molar-refractivity contribution in [1.29, 1.82) is 0 Å². The van der Waals surface area contributed by atoms with Gasteiger partial charge in [-0.2, -0.15) is 0 Å². The third-order valence-corrected chi connectivity index (χ3v) is 1.50. The van der Waals surface area contributed by atoms with Crippen LogP contribution in [0.1, 0.15) is 6.42 Å². The van der Waals surface area contributed by atoms with Gasteiger partial charge in [-0.3, -0.25) is 4.79 Å². The molecule has 0 aliphatic carbocycles. The molecule has 6 nitrogen and oxygen atoms in total. The zero-order valence-corrected chi connectivity index (χ0v) is 6.55. The van der Waals surface area contributed by atoms with Crippen LogP contribution >= 0.6 is 0 Å². The predicted octanol–water partition coefficient (Wildman–Crippen LogP) is -2.53. The van der Waals surface area contributed by atoms with Crippen molar-refractivity contribution < 1.29 is 20.1 Å². The molecule has 0 aromatic rings. The third-order valence-electron chi connectivity index (χ3n) is 1.50. The standard InChI is InChI=1S/C6H14N2O4/c7-2-5(10)4(9)1-3(8)6(11)12/h3-5,9-10H,1-2,7-8H2,(H,11,12)/t3-,4?,5?/m0/s1. The lowest BCUT2D eigenvalue weighted by molar-refractivity contribution is -0.139. The quantitative estimate of drug-likeness (QED) is 0.315. The molecule has 0 heterocycles. The molecule has 0 fully saturated rings. The average Bonchev–Trinajstić information content (AvgIpc) is 2.02. The van der Waals surface area contributed by atoms with Crippen molar-refractivity contribution in [3.05, 3.63) is 0 Å². The Labute approximate surface area is 69.8 Å². The number of hydrogen-bond acceptors (Lipinski definition) is 5. The molecule has 0 aromatic heterocycles. The van der Waals surface area contributed by atoms with E-state index in [1.807, 2.05) is 0 Å². The average molecular weight is 178 g/mol. The van der Waals surface area contributed by atoms with Crippen molar-refractivity contribution in [2.45, 2.75) is 24.7 Å². The highest BCUT2D eigenvalue weighted by Crippen LogP contribution is 2.00. The number of carboxylic acids is 1. The summed E-state index contributed by atoms with van der Waals surface area (Å²) in [6, 6.07) is -1.17. The van der Waals surface area contributed by atoms with E-state index in [0.717, 1.165) is 0 Å². The summed E-state index contributed by atoms with van der Waals surface area (Å²) in [6.07, 6.45) is -2.50. The Morgan fingerprint density at radius 1 is 1.33 bits per heavy atom. The Bertz CT molecular complexity index is 152. The summed E-state index contributed by atoms with van der Waals surface area (Å²) in [6.45, 7) is -0.118. The minimum atomic E-state index is -1.21. The Morgan fingerprint density at radius 3 is 2.17 bits per heavy atom. The smallest absolute Gasteiger partial charge is 0.320 e. The minimum Gasteiger partial charge on any atom is -0.480 e. The van der Waals surface area contributed by atoms with E-state index in [1.165, 1.54) is 0 Å². The van der Waals surface area contributed by atoms with Gasteiger partial charge in [0.25, 0.3) is 0 Å². The van der Waals surface area contributed by atoms with Gasteiger partial charge in [0.15, 0.2) is 0 Å². The maximum Gasteiger partial charge on any atom is 0.320 e. The second-order valence-electron chi connectivity index (χ2n) is 2.55. The van der Waals surface area contributed by atoms with Crippen LogP contribution in [0.5, 0.6) is 0 Å². The van der Waals surface area contributed by atoms with Crippen LogP contribution < -0.4 is 11.5 Å². The summed E-state index contributed by atoms with van der Waals surface area (Å²) in [5.74, 6) is -1.21. The highest BCUT2D eigenvalue weighted by atomic mass is 16.4. The van der Waals surface area contributed by atoms with Crippen LogP contribution in [-0.2, 0) is 4.79 Å². The molecule has 0 saturated carbocycles. The first-order chi connectivity index (χ1) is 5.49. The van der Waals surface area contributed by atoms with Crippen LogP contribution in [-0.4, -0.2) is 46.1 Å². The molecular weight excluding hydrogens is 164 g/mol. The molecule has 0 spiro atoms. The summed E-state index contributed by atoms with van der Waals surface area (Å²) in [5.41, 5.74) is 10.1. The van der Waals surface area contributed by atoms with E-state index in [0.29, 0.717) is 0 Å². The molecule has 0 saturated heterocycles. The largest absolute Gasteiger partial charge is 0.480 e. The second kappa shape index (κ2) is 5.04. The van der Waals surface area contributed by atoms with E-state index in [9.17, 15) is 4.79 Å². The molecule has 0 amide bonds. The lowest BCUT2D eigenvalue weighted by atomic mass is 10.1. The number of aliphatic carboxylic acids is 1. The lowest BCUT2D eigenvalue weighted by Crippen LogP contribution is -2.41. The monoisotopic (exact) mass is 178 g/mol. The van der Waals surface area contributed by atoms with Crippen molar-refractivity contribution in [2.24, 2.45) is 11.5 Å². The first-order valence-corrected chi connectivity index (χ1v) is 3.53. The summed E-state index contributed by atoms with van der Waals surface area (Å²) in [4.78, 5) is 10.2. The molecule has 7 N–H and O–H groups in total. The Balaban J connectivity index is 3.83. The van der Waals surface area contributed by atoms with Gasteiger partial charge in [-0.15, -0.1) is 0 Å². The minimum absolute atomic E-state index is 0.118. The van der Waals surface area contributed by atoms with E-state index in [2.05, 4.69) is 0 Å². The van der Waals surface area contributed by atoms with Gasteiger partial charge in [0.2, 0.25) is 0 Å². The molecule has 2 unspecified atom stereocenters. The van der Waals surface area contributed by atoms with Gasteiger partial charge in [0, 0.05) is 13.0 Å². The van der Waals surface area contributed by atoms with Crippen molar-refractivity contribution in [3.8, 4) is 0 Å². The first-order valence-electron chi connectivity index (χ1n) is 3.53. The molecular formula is C6H14N2O4. The SMILES string of the molecule is NCC(O)C(O)C[C@H](N)C(=O)O. The fourth-order valence-electron chi connectivity index (χ4n) is 0.675. The van der Waals surface area contributed by atoms with E-state index < -0.39 is 24.2 Å². The molecule has 12 heavy (non-hydrogen) atoms. The molecule has 6 heteroatoms. The molecule has 0 aromatic carbocycles. The molecule has 0 bridgehead atoms. The first kappa shape index (κ1) is 11.3. The number of hydrogen-bond donors (Lipinski definition) is 5. The highest BCUT2D eigenvalue weighted by molar-refractivity contribution is 5.73. The van der Waals surface area contributed by atoms with Gasteiger partial charge in [-0.05, 0) is 0 Å². The van der Waals surface area contributed by atoms with Gasteiger partial charge in [-0.1, -0.05) is 0 Å². The Morgan fingerprint density at radius 2 is 1.83 bits per heavy atom. The second-order valence-corrected chi connectivity index (χ2v) is 2.55. The van der Waals surface area contributed by atoms with Gasteiger partial charge in [0.1, 0.15) is 6.04 Å². The van der Waals surface area contributed by atoms with Gasteiger partial charge in [-0.25, -0.2) is 0 Å². The van der Waals surface area contributed by atoms with Crippen molar-refractivity contribution in [2.75, 3.05) is 6.54 Å². The maximum absolute atomic E-state index is 10.2. The molecule has 0 radical (unpaired) electrons. The number of nitrogens with two attached hydrogens (primary N) is 2.